The molecule has 1 heterocycles. The van der Waals surface area contributed by atoms with Crippen molar-refractivity contribution >= 4 is 11.8 Å². The highest BCUT2D eigenvalue weighted by Gasteiger charge is 2.45. The maximum absolute atomic E-state index is 12.7. The van der Waals surface area contributed by atoms with Crippen molar-refractivity contribution in [1.82, 2.24) is 10.2 Å². The fraction of sp³-hybridized carbons (Fsp3) is 0.529. The highest BCUT2D eigenvalue weighted by molar-refractivity contribution is 5.97. The first-order valence-electron chi connectivity index (χ1n) is 7.79. The van der Waals surface area contributed by atoms with Gasteiger partial charge in [0.2, 0.25) is 11.8 Å². The van der Waals surface area contributed by atoms with Crippen molar-refractivity contribution in [3.8, 4) is 0 Å². The molecule has 2 fully saturated rings. The van der Waals surface area contributed by atoms with Crippen molar-refractivity contribution in [2.75, 3.05) is 0 Å². The quantitative estimate of drug-likeness (QED) is 0.918. The fourth-order valence-electron chi connectivity index (χ4n) is 3.05. The lowest BCUT2D eigenvalue weighted by Gasteiger charge is -2.38. The zero-order valence-corrected chi connectivity index (χ0v) is 12.6. The number of benzene rings is 1. The van der Waals surface area contributed by atoms with E-state index < -0.39 is 6.04 Å². The van der Waals surface area contributed by atoms with Gasteiger partial charge < -0.3 is 10.2 Å². The molecule has 0 radical (unpaired) electrons. The third-order valence-corrected chi connectivity index (χ3v) is 4.63. The second kappa shape index (κ2) is 5.51. The lowest BCUT2D eigenvalue weighted by atomic mass is 10.0. The second-order valence-electron chi connectivity index (χ2n) is 6.09. The van der Waals surface area contributed by atoms with E-state index in [1.54, 1.807) is 4.90 Å². The molecule has 2 aliphatic rings. The van der Waals surface area contributed by atoms with Crippen LogP contribution < -0.4 is 5.32 Å². The Bertz CT molecular complexity index is 566. The van der Waals surface area contributed by atoms with Crippen molar-refractivity contribution in [2.24, 2.45) is 5.92 Å². The first-order valence-corrected chi connectivity index (χ1v) is 7.79. The Morgan fingerprint density at radius 2 is 1.86 bits per heavy atom. The normalized spacial score (nSPS) is 25.9. The summed E-state index contributed by atoms with van der Waals surface area (Å²) in [5, 5.41) is 2.89. The van der Waals surface area contributed by atoms with E-state index in [0.29, 0.717) is 12.5 Å². The molecular weight excluding hydrogens is 264 g/mol. The molecule has 1 saturated heterocycles. The van der Waals surface area contributed by atoms with Gasteiger partial charge in [0.15, 0.2) is 0 Å². The molecule has 1 aliphatic carbocycles. The molecule has 3 rings (SSSR count). The van der Waals surface area contributed by atoms with E-state index in [1.165, 1.54) is 5.56 Å². The summed E-state index contributed by atoms with van der Waals surface area (Å²) in [6.07, 6.45) is 3.03. The molecule has 2 amide bonds. The van der Waals surface area contributed by atoms with Crippen molar-refractivity contribution in [2.45, 2.75) is 51.7 Å². The standard InChI is InChI=1S/C17H22N2O2/c1-3-12-6-4-5-7-14(12)10-19-11(2)16(20)18-15(17(19)21)13-8-9-13/h4-7,11,13,15H,3,8-10H2,1-2H3,(H,18,20). The van der Waals surface area contributed by atoms with E-state index in [0.717, 1.165) is 24.8 Å². The molecule has 0 spiro atoms. The number of piperazine rings is 1. The lowest BCUT2D eigenvalue weighted by molar-refractivity contribution is -0.149. The lowest BCUT2D eigenvalue weighted by Crippen LogP contribution is -2.62. The van der Waals surface area contributed by atoms with E-state index >= 15 is 0 Å². The molecule has 1 aliphatic heterocycles. The van der Waals surface area contributed by atoms with Crippen LogP contribution in [0, 0.1) is 5.92 Å². The predicted molar refractivity (Wildman–Crippen MR) is 80.5 cm³/mol. The summed E-state index contributed by atoms with van der Waals surface area (Å²) in [7, 11) is 0. The summed E-state index contributed by atoms with van der Waals surface area (Å²) in [4.78, 5) is 26.6. The summed E-state index contributed by atoms with van der Waals surface area (Å²) >= 11 is 0. The summed E-state index contributed by atoms with van der Waals surface area (Å²) in [6.45, 7) is 4.45. The van der Waals surface area contributed by atoms with Gasteiger partial charge in [-0.2, -0.15) is 0 Å². The number of nitrogens with one attached hydrogen (secondary N) is 1. The maximum atomic E-state index is 12.7. The monoisotopic (exact) mass is 286 g/mol. The Labute approximate surface area is 125 Å². The SMILES string of the molecule is CCc1ccccc1CN1C(=O)C(C2CC2)NC(=O)C1C. The van der Waals surface area contributed by atoms with Gasteiger partial charge in [0.1, 0.15) is 12.1 Å². The molecule has 4 nitrogen and oxygen atoms in total. The molecule has 0 bridgehead atoms. The Kier molecular flexibility index (Phi) is 3.70. The van der Waals surface area contributed by atoms with Gasteiger partial charge >= 0.3 is 0 Å². The van der Waals surface area contributed by atoms with Crippen LogP contribution >= 0.6 is 0 Å². The highest BCUT2D eigenvalue weighted by atomic mass is 16.2. The zero-order chi connectivity index (χ0) is 15.0. The average molecular weight is 286 g/mol. The summed E-state index contributed by atoms with van der Waals surface area (Å²) in [6, 6.07) is 7.46. The maximum Gasteiger partial charge on any atom is 0.246 e. The summed E-state index contributed by atoms with van der Waals surface area (Å²) in [5.41, 5.74) is 2.39. The second-order valence-corrected chi connectivity index (χ2v) is 6.09. The summed E-state index contributed by atoms with van der Waals surface area (Å²) in [5.74, 6) is 0.397. The third kappa shape index (κ3) is 2.67. The van der Waals surface area contributed by atoms with Crippen LogP contribution in [0.5, 0.6) is 0 Å². The number of hydrogen-bond acceptors (Lipinski definition) is 2. The van der Waals surface area contributed by atoms with Crippen molar-refractivity contribution in [3.05, 3.63) is 35.4 Å². The van der Waals surface area contributed by atoms with Gasteiger partial charge in [-0.1, -0.05) is 31.2 Å². The molecule has 1 aromatic carbocycles. The molecule has 2 atom stereocenters. The average Bonchev–Trinajstić information content (AvgIpc) is 3.32. The molecule has 1 saturated carbocycles. The minimum atomic E-state index is -0.391. The molecule has 1 aromatic rings. The van der Waals surface area contributed by atoms with E-state index in [1.807, 2.05) is 19.1 Å². The number of rotatable bonds is 4. The first-order chi connectivity index (χ1) is 10.1. The van der Waals surface area contributed by atoms with Crippen LogP contribution in [0.15, 0.2) is 24.3 Å². The summed E-state index contributed by atoms with van der Waals surface area (Å²) < 4.78 is 0. The van der Waals surface area contributed by atoms with Gasteiger partial charge in [-0.25, -0.2) is 0 Å². The van der Waals surface area contributed by atoms with Gasteiger partial charge in [-0.3, -0.25) is 9.59 Å². The van der Waals surface area contributed by atoms with E-state index in [2.05, 4.69) is 24.4 Å². The molecule has 21 heavy (non-hydrogen) atoms. The van der Waals surface area contributed by atoms with Crippen LogP contribution in [-0.4, -0.2) is 28.8 Å². The third-order valence-electron chi connectivity index (χ3n) is 4.63. The Hall–Kier alpha value is -1.84. The predicted octanol–water partition coefficient (Wildman–Crippen LogP) is 1.87. The largest absolute Gasteiger partial charge is 0.342 e. The van der Waals surface area contributed by atoms with Crippen LogP contribution in [0.3, 0.4) is 0 Å². The highest BCUT2D eigenvalue weighted by Crippen LogP contribution is 2.35. The van der Waals surface area contributed by atoms with E-state index in [4.69, 9.17) is 0 Å². The van der Waals surface area contributed by atoms with Gasteiger partial charge in [0.25, 0.3) is 0 Å². The Balaban J connectivity index is 1.84. The van der Waals surface area contributed by atoms with Crippen molar-refractivity contribution in [1.29, 1.82) is 0 Å². The number of hydrogen-bond donors (Lipinski definition) is 1. The zero-order valence-electron chi connectivity index (χ0n) is 12.6. The minimum absolute atomic E-state index is 0.0273. The van der Waals surface area contributed by atoms with Crippen LogP contribution in [0.2, 0.25) is 0 Å². The number of carbonyl (C=O) groups excluding carboxylic acids is 2. The van der Waals surface area contributed by atoms with Gasteiger partial charge in [-0.15, -0.1) is 0 Å². The molecule has 0 aromatic heterocycles. The Morgan fingerprint density at radius 1 is 1.19 bits per heavy atom. The fourth-order valence-corrected chi connectivity index (χ4v) is 3.05. The molecular formula is C17H22N2O2. The van der Waals surface area contributed by atoms with Crippen LogP contribution in [-0.2, 0) is 22.6 Å². The number of aryl methyl sites for hydroxylation is 1. The van der Waals surface area contributed by atoms with Crippen molar-refractivity contribution in [3.63, 3.8) is 0 Å². The number of amides is 2. The van der Waals surface area contributed by atoms with Gasteiger partial charge in [-0.05, 0) is 43.2 Å². The Morgan fingerprint density at radius 3 is 2.48 bits per heavy atom. The number of carbonyl (C=O) groups is 2. The topological polar surface area (TPSA) is 49.4 Å². The van der Waals surface area contributed by atoms with E-state index in [-0.39, 0.29) is 17.9 Å². The smallest absolute Gasteiger partial charge is 0.246 e. The van der Waals surface area contributed by atoms with E-state index in [9.17, 15) is 9.59 Å². The minimum Gasteiger partial charge on any atom is -0.342 e. The molecule has 4 heteroatoms. The van der Waals surface area contributed by atoms with Crippen molar-refractivity contribution < 1.29 is 9.59 Å². The van der Waals surface area contributed by atoms with Crippen LogP contribution in [0.1, 0.15) is 37.8 Å². The van der Waals surface area contributed by atoms with Crippen LogP contribution in [0.4, 0.5) is 0 Å². The molecule has 2 unspecified atom stereocenters. The molecule has 112 valence electrons. The first kappa shape index (κ1) is 14.1. The van der Waals surface area contributed by atoms with Crippen LogP contribution in [0.25, 0.3) is 0 Å². The van der Waals surface area contributed by atoms with Gasteiger partial charge in [0.05, 0.1) is 0 Å². The van der Waals surface area contributed by atoms with Gasteiger partial charge in [0, 0.05) is 6.54 Å². The number of nitrogens with zero attached hydrogens (tertiary/aromatic N) is 1. The molecule has 1 N–H and O–H groups in total.